The normalized spacial score (nSPS) is 22.7. The zero-order valence-electron chi connectivity index (χ0n) is 14.9. The van der Waals surface area contributed by atoms with E-state index in [-0.39, 0.29) is 23.1 Å². The average molecular weight is 363 g/mol. The molecule has 1 atom stereocenters. The molecule has 1 aromatic carbocycles. The average Bonchev–Trinajstić information content (AvgIpc) is 2.67. The van der Waals surface area contributed by atoms with Gasteiger partial charge in [0.15, 0.2) is 0 Å². The van der Waals surface area contributed by atoms with Crippen LogP contribution in [0.15, 0.2) is 24.3 Å². The van der Waals surface area contributed by atoms with Crippen molar-refractivity contribution in [1.29, 1.82) is 0 Å². The Bertz CT molecular complexity index is 661. The minimum Gasteiger partial charge on any atom is -0.381 e. The van der Waals surface area contributed by atoms with E-state index in [4.69, 9.17) is 10.5 Å². The smallest absolute Gasteiger partial charge is 0.314 e. The number of amides is 3. The molecule has 7 heteroatoms. The Kier molecular flexibility index (Phi) is 5.76. The Morgan fingerprint density at radius 1 is 1.35 bits per heavy atom. The summed E-state index contributed by atoms with van der Waals surface area (Å²) in [6, 6.07) is 6.11. The Morgan fingerprint density at radius 3 is 2.81 bits per heavy atom. The lowest BCUT2D eigenvalue weighted by Gasteiger charge is -2.38. The molecule has 0 spiro atoms. The number of likely N-dealkylation sites (tertiary alicyclic amines) is 1. The van der Waals surface area contributed by atoms with Crippen molar-refractivity contribution >= 4 is 11.9 Å². The summed E-state index contributed by atoms with van der Waals surface area (Å²) in [6.07, 6.45) is 2.97. The fourth-order valence-electron chi connectivity index (χ4n) is 3.94. The van der Waals surface area contributed by atoms with Crippen molar-refractivity contribution in [2.45, 2.75) is 31.1 Å². The molecule has 0 bridgehead atoms. The first-order chi connectivity index (χ1) is 12.5. The van der Waals surface area contributed by atoms with Crippen LogP contribution in [-0.4, -0.2) is 49.7 Å². The summed E-state index contributed by atoms with van der Waals surface area (Å²) in [5.74, 6) is -0.594. The molecule has 6 nitrogen and oxygen atoms in total. The summed E-state index contributed by atoms with van der Waals surface area (Å²) in [5, 5.41) is 3.04. The topological polar surface area (TPSA) is 84.7 Å². The van der Waals surface area contributed by atoms with Gasteiger partial charge in [-0.1, -0.05) is 12.1 Å². The molecular weight excluding hydrogens is 337 g/mol. The highest BCUT2D eigenvalue weighted by Gasteiger charge is 2.36. The van der Waals surface area contributed by atoms with E-state index >= 15 is 0 Å². The Hall–Kier alpha value is -2.15. The van der Waals surface area contributed by atoms with Crippen molar-refractivity contribution in [1.82, 2.24) is 10.2 Å². The van der Waals surface area contributed by atoms with Crippen LogP contribution in [0.5, 0.6) is 0 Å². The summed E-state index contributed by atoms with van der Waals surface area (Å²) in [4.78, 5) is 25.5. The van der Waals surface area contributed by atoms with E-state index in [0.29, 0.717) is 32.8 Å². The molecule has 2 heterocycles. The Balaban J connectivity index is 1.68. The second-order valence-electron chi connectivity index (χ2n) is 7.24. The summed E-state index contributed by atoms with van der Waals surface area (Å²) in [6.45, 7) is 2.57. The SMILES string of the molecule is NC(=O)N1CCC[C@@H](C(=O)NCC2(c3cccc(F)c3)CCOCC2)C1. The first-order valence-corrected chi connectivity index (χ1v) is 9.16. The lowest BCUT2D eigenvalue weighted by Crippen LogP contribution is -2.50. The predicted octanol–water partition coefficient (Wildman–Crippen LogP) is 1.78. The number of halogens is 1. The van der Waals surface area contributed by atoms with E-state index in [2.05, 4.69) is 5.32 Å². The van der Waals surface area contributed by atoms with Gasteiger partial charge < -0.3 is 20.7 Å². The highest BCUT2D eigenvalue weighted by molar-refractivity contribution is 5.80. The van der Waals surface area contributed by atoms with Crippen LogP contribution >= 0.6 is 0 Å². The molecule has 3 amide bonds. The standard InChI is InChI=1S/C19H26FN3O3/c20-16-5-1-4-15(11-16)19(6-9-26-10-7-19)13-22-17(24)14-3-2-8-23(12-14)18(21)25/h1,4-5,11,14H,2-3,6-10,12-13H2,(H2,21,25)(H,22,24)/t14-/m1/s1. The second kappa shape index (κ2) is 8.03. The number of rotatable bonds is 4. The van der Waals surface area contributed by atoms with Crippen molar-refractivity contribution in [3.05, 3.63) is 35.6 Å². The van der Waals surface area contributed by atoms with Gasteiger partial charge in [-0.3, -0.25) is 4.79 Å². The van der Waals surface area contributed by atoms with Crippen molar-refractivity contribution < 1.29 is 18.7 Å². The number of carbonyl (C=O) groups excluding carboxylic acids is 2. The number of nitrogens with zero attached hydrogens (tertiary/aromatic N) is 1. The van der Waals surface area contributed by atoms with Gasteiger partial charge in [-0.05, 0) is 43.4 Å². The number of carbonyl (C=O) groups is 2. The lowest BCUT2D eigenvalue weighted by atomic mass is 9.74. The van der Waals surface area contributed by atoms with Crippen LogP contribution in [0, 0.1) is 11.7 Å². The zero-order chi connectivity index (χ0) is 18.6. The van der Waals surface area contributed by atoms with Crippen molar-refractivity contribution in [3.63, 3.8) is 0 Å². The molecule has 1 aromatic rings. The van der Waals surface area contributed by atoms with Gasteiger partial charge in [0, 0.05) is 38.3 Å². The second-order valence-corrected chi connectivity index (χ2v) is 7.24. The molecule has 2 aliphatic heterocycles. The van der Waals surface area contributed by atoms with Gasteiger partial charge in [0.1, 0.15) is 5.82 Å². The molecule has 0 aromatic heterocycles. The molecule has 2 fully saturated rings. The van der Waals surface area contributed by atoms with Gasteiger partial charge in [0.25, 0.3) is 0 Å². The van der Waals surface area contributed by atoms with Crippen LogP contribution < -0.4 is 11.1 Å². The third-order valence-electron chi connectivity index (χ3n) is 5.59. The van der Waals surface area contributed by atoms with Gasteiger partial charge in [0.2, 0.25) is 5.91 Å². The van der Waals surface area contributed by atoms with Crippen LogP contribution in [0.4, 0.5) is 9.18 Å². The van der Waals surface area contributed by atoms with E-state index in [0.717, 1.165) is 31.2 Å². The van der Waals surface area contributed by atoms with Gasteiger partial charge in [-0.15, -0.1) is 0 Å². The number of piperidine rings is 1. The Labute approximate surface area is 152 Å². The predicted molar refractivity (Wildman–Crippen MR) is 95.0 cm³/mol. The number of nitrogens with one attached hydrogen (secondary N) is 1. The van der Waals surface area contributed by atoms with Gasteiger partial charge in [-0.2, -0.15) is 0 Å². The molecule has 2 aliphatic rings. The van der Waals surface area contributed by atoms with Gasteiger partial charge in [0.05, 0.1) is 5.92 Å². The highest BCUT2D eigenvalue weighted by Crippen LogP contribution is 2.34. The van der Waals surface area contributed by atoms with Crippen LogP contribution in [0.25, 0.3) is 0 Å². The minimum absolute atomic E-state index is 0.0711. The first kappa shape index (κ1) is 18.6. The van der Waals surface area contributed by atoms with E-state index in [1.165, 1.54) is 11.0 Å². The monoisotopic (exact) mass is 363 g/mol. The molecule has 3 rings (SSSR count). The molecule has 2 saturated heterocycles. The molecule has 142 valence electrons. The molecule has 0 unspecified atom stereocenters. The van der Waals surface area contributed by atoms with Crippen LogP contribution in [0.1, 0.15) is 31.2 Å². The summed E-state index contributed by atoms with van der Waals surface area (Å²) in [5.41, 5.74) is 5.90. The summed E-state index contributed by atoms with van der Waals surface area (Å²) < 4.78 is 19.2. The molecule has 0 saturated carbocycles. The van der Waals surface area contributed by atoms with Crippen molar-refractivity contribution in [2.24, 2.45) is 11.7 Å². The fourth-order valence-corrected chi connectivity index (χ4v) is 3.94. The Morgan fingerprint density at radius 2 is 2.12 bits per heavy atom. The van der Waals surface area contributed by atoms with E-state index in [1.807, 2.05) is 6.07 Å². The minimum atomic E-state index is -0.483. The van der Waals surface area contributed by atoms with E-state index in [9.17, 15) is 14.0 Å². The summed E-state index contributed by atoms with van der Waals surface area (Å²) in [7, 11) is 0. The fraction of sp³-hybridized carbons (Fsp3) is 0.579. The number of nitrogens with two attached hydrogens (primary N) is 1. The number of hydrogen-bond donors (Lipinski definition) is 2. The zero-order valence-corrected chi connectivity index (χ0v) is 14.9. The van der Waals surface area contributed by atoms with E-state index < -0.39 is 6.03 Å². The van der Waals surface area contributed by atoms with Crippen molar-refractivity contribution in [3.8, 4) is 0 Å². The maximum Gasteiger partial charge on any atom is 0.314 e. The van der Waals surface area contributed by atoms with Crippen molar-refractivity contribution in [2.75, 3.05) is 32.8 Å². The number of urea groups is 1. The van der Waals surface area contributed by atoms with Gasteiger partial charge >= 0.3 is 6.03 Å². The number of hydrogen-bond acceptors (Lipinski definition) is 3. The number of primary amides is 1. The molecular formula is C19H26FN3O3. The number of ether oxygens (including phenoxy) is 1. The molecule has 26 heavy (non-hydrogen) atoms. The molecule has 0 aliphatic carbocycles. The van der Waals surface area contributed by atoms with Crippen LogP contribution in [0.2, 0.25) is 0 Å². The summed E-state index contributed by atoms with van der Waals surface area (Å²) >= 11 is 0. The highest BCUT2D eigenvalue weighted by atomic mass is 19.1. The van der Waals surface area contributed by atoms with Crippen LogP contribution in [0.3, 0.4) is 0 Å². The third kappa shape index (κ3) is 4.15. The van der Waals surface area contributed by atoms with Crippen LogP contribution in [-0.2, 0) is 14.9 Å². The van der Waals surface area contributed by atoms with Gasteiger partial charge in [-0.25, -0.2) is 9.18 Å². The third-order valence-corrected chi connectivity index (χ3v) is 5.59. The maximum absolute atomic E-state index is 13.7. The largest absolute Gasteiger partial charge is 0.381 e. The van der Waals surface area contributed by atoms with E-state index in [1.54, 1.807) is 12.1 Å². The quantitative estimate of drug-likeness (QED) is 0.855. The maximum atomic E-state index is 13.7. The lowest BCUT2D eigenvalue weighted by molar-refractivity contribution is -0.126. The number of benzene rings is 1. The molecule has 0 radical (unpaired) electrons. The first-order valence-electron chi connectivity index (χ1n) is 9.16. The molecule has 3 N–H and O–H groups in total.